The third-order valence-corrected chi connectivity index (χ3v) is 3.56. The number of rotatable bonds is 4. The summed E-state index contributed by atoms with van der Waals surface area (Å²) in [6.45, 7) is 3.09. The molecule has 0 radical (unpaired) electrons. The normalized spacial score (nSPS) is 20.9. The van der Waals surface area contributed by atoms with Crippen LogP contribution in [-0.2, 0) is 6.54 Å². The van der Waals surface area contributed by atoms with E-state index in [1.165, 1.54) is 12.8 Å². The monoisotopic (exact) mass is 250 g/mol. The molecule has 1 aromatic rings. The Labute approximate surface area is 109 Å². The first kappa shape index (κ1) is 13.2. The van der Waals surface area contributed by atoms with E-state index < -0.39 is 0 Å². The van der Waals surface area contributed by atoms with E-state index in [0.29, 0.717) is 11.8 Å². The Hall–Kier alpha value is -1.26. The minimum atomic E-state index is 0.220. The van der Waals surface area contributed by atoms with E-state index in [0.717, 1.165) is 25.2 Å². The topological polar surface area (TPSA) is 44.7 Å². The molecule has 0 amide bonds. The molecule has 1 aliphatic rings. The van der Waals surface area contributed by atoms with Gasteiger partial charge in [0.25, 0.3) is 0 Å². The predicted molar refractivity (Wildman–Crippen MR) is 72.0 cm³/mol. The quantitative estimate of drug-likeness (QED) is 0.851. The molecule has 0 aromatic heterocycles. The van der Waals surface area contributed by atoms with Crippen LogP contribution in [0.1, 0.15) is 18.4 Å². The van der Waals surface area contributed by atoms with Gasteiger partial charge in [-0.1, -0.05) is 6.07 Å². The smallest absolute Gasteiger partial charge is 0.160 e. The summed E-state index contributed by atoms with van der Waals surface area (Å²) in [5, 5.41) is 13.1. The van der Waals surface area contributed by atoms with Gasteiger partial charge in [-0.3, -0.25) is 4.90 Å². The summed E-state index contributed by atoms with van der Waals surface area (Å²) in [4.78, 5) is 2.42. The lowest BCUT2D eigenvalue weighted by atomic mass is 10.0. The Bertz CT molecular complexity index is 395. The van der Waals surface area contributed by atoms with E-state index in [1.54, 1.807) is 13.2 Å². The summed E-state index contributed by atoms with van der Waals surface area (Å²) in [5.74, 6) is 0.752. The van der Waals surface area contributed by atoms with Gasteiger partial charge in [0.05, 0.1) is 7.11 Å². The van der Waals surface area contributed by atoms with E-state index in [-0.39, 0.29) is 5.75 Å². The minimum absolute atomic E-state index is 0.220. The molecule has 2 rings (SSSR count). The molecule has 1 aliphatic heterocycles. The first-order chi connectivity index (χ1) is 8.72. The van der Waals surface area contributed by atoms with Crippen molar-refractivity contribution in [2.45, 2.75) is 25.4 Å². The van der Waals surface area contributed by atoms with E-state index >= 15 is 0 Å². The summed E-state index contributed by atoms with van der Waals surface area (Å²) in [5.41, 5.74) is 1.13. The SMILES string of the molecule is CNC1CCCN(Cc2ccc(OC)c(O)c2)C1. The highest BCUT2D eigenvalue weighted by molar-refractivity contribution is 5.41. The number of methoxy groups -OCH3 is 1. The van der Waals surface area contributed by atoms with Crippen LogP contribution in [0.2, 0.25) is 0 Å². The number of benzene rings is 1. The third-order valence-electron chi connectivity index (χ3n) is 3.56. The molecule has 0 bridgehead atoms. The van der Waals surface area contributed by atoms with E-state index in [9.17, 15) is 5.11 Å². The number of aromatic hydroxyl groups is 1. The second-order valence-electron chi connectivity index (χ2n) is 4.87. The minimum Gasteiger partial charge on any atom is -0.504 e. The number of phenolic OH excluding ortho intramolecular Hbond substituents is 1. The highest BCUT2D eigenvalue weighted by atomic mass is 16.5. The fourth-order valence-electron chi connectivity index (χ4n) is 2.53. The van der Waals surface area contributed by atoms with Crippen LogP contribution < -0.4 is 10.1 Å². The number of ether oxygens (including phenoxy) is 1. The van der Waals surface area contributed by atoms with Gasteiger partial charge >= 0.3 is 0 Å². The van der Waals surface area contributed by atoms with Crippen LogP contribution in [0.25, 0.3) is 0 Å². The molecule has 0 spiro atoms. The highest BCUT2D eigenvalue weighted by Crippen LogP contribution is 2.27. The fourth-order valence-corrected chi connectivity index (χ4v) is 2.53. The fraction of sp³-hybridized carbons (Fsp3) is 0.571. The van der Waals surface area contributed by atoms with Crippen molar-refractivity contribution in [2.75, 3.05) is 27.2 Å². The second kappa shape index (κ2) is 6.07. The lowest BCUT2D eigenvalue weighted by Crippen LogP contribution is -2.43. The Morgan fingerprint density at radius 1 is 1.50 bits per heavy atom. The number of piperidine rings is 1. The maximum Gasteiger partial charge on any atom is 0.160 e. The molecule has 1 saturated heterocycles. The number of hydrogen-bond donors (Lipinski definition) is 2. The first-order valence-electron chi connectivity index (χ1n) is 6.48. The molecular weight excluding hydrogens is 228 g/mol. The third kappa shape index (κ3) is 3.15. The average Bonchev–Trinajstić information content (AvgIpc) is 2.39. The van der Waals surface area contributed by atoms with Crippen molar-refractivity contribution in [1.29, 1.82) is 0 Å². The first-order valence-corrected chi connectivity index (χ1v) is 6.48. The van der Waals surface area contributed by atoms with Crippen molar-refractivity contribution in [2.24, 2.45) is 0 Å². The predicted octanol–water partition coefficient (Wildman–Crippen LogP) is 1.58. The maximum atomic E-state index is 9.76. The molecule has 1 heterocycles. The van der Waals surface area contributed by atoms with Crippen LogP contribution in [0.15, 0.2) is 18.2 Å². The number of hydrogen-bond acceptors (Lipinski definition) is 4. The van der Waals surface area contributed by atoms with Gasteiger partial charge in [-0.25, -0.2) is 0 Å². The number of nitrogens with zero attached hydrogens (tertiary/aromatic N) is 1. The summed E-state index contributed by atoms with van der Waals surface area (Å²) >= 11 is 0. The molecule has 1 unspecified atom stereocenters. The van der Waals surface area contributed by atoms with Gasteiger partial charge in [0.2, 0.25) is 0 Å². The summed E-state index contributed by atoms with van der Waals surface area (Å²) in [6.07, 6.45) is 2.48. The molecule has 2 N–H and O–H groups in total. The lowest BCUT2D eigenvalue weighted by molar-refractivity contribution is 0.188. The Morgan fingerprint density at radius 3 is 3.00 bits per heavy atom. The molecule has 4 heteroatoms. The van der Waals surface area contributed by atoms with Gasteiger partial charge in [-0.2, -0.15) is 0 Å². The van der Waals surface area contributed by atoms with Gasteiger partial charge in [0.15, 0.2) is 11.5 Å². The van der Waals surface area contributed by atoms with Gasteiger partial charge < -0.3 is 15.2 Å². The molecule has 4 nitrogen and oxygen atoms in total. The molecule has 1 atom stereocenters. The van der Waals surface area contributed by atoms with Gasteiger partial charge in [-0.05, 0) is 44.1 Å². The van der Waals surface area contributed by atoms with Crippen LogP contribution in [0.5, 0.6) is 11.5 Å². The maximum absolute atomic E-state index is 9.76. The molecular formula is C14H22N2O2. The van der Waals surface area contributed by atoms with Crippen LogP contribution in [-0.4, -0.2) is 43.3 Å². The van der Waals surface area contributed by atoms with Crippen molar-refractivity contribution in [3.63, 3.8) is 0 Å². The van der Waals surface area contributed by atoms with E-state index in [4.69, 9.17) is 4.74 Å². The number of nitrogens with one attached hydrogen (secondary N) is 1. The highest BCUT2D eigenvalue weighted by Gasteiger charge is 2.18. The van der Waals surface area contributed by atoms with Gasteiger partial charge in [-0.15, -0.1) is 0 Å². The van der Waals surface area contributed by atoms with Crippen molar-refractivity contribution >= 4 is 0 Å². The van der Waals surface area contributed by atoms with Crippen LogP contribution in [0.3, 0.4) is 0 Å². The molecule has 1 aromatic carbocycles. The number of likely N-dealkylation sites (tertiary alicyclic amines) is 1. The van der Waals surface area contributed by atoms with Crippen LogP contribution in [0, 0.1) is 0 Å². The molecule has 100 valence electrons. The zero-order valence-electron chi connectivity index (χ0n) is 11.1. The summed E-state index contributed by atoms with van der Waals surface area (Å²) < 4.78 is 5.05. The molecule has 0 aliphatic carbocycles. The average molecular weight is 250 g/mol. The molecule has 1 fully saturated rings. The van der Waals surface area contributed by atoms with Crippen molar-refractivity contribution in [3.8, 4) is 11.5 Å². The number of likely N-dealkylation sites (N-methyl/N-ethyl adjacent to an activating group) is 1. The summed E-state index contributed by atoms with van der Waals surface area (Å²) in [7, 11) is 3.59. The Kier molecular flexibility index (Phi) is 4.44. The molecule has 0 saturated carbocycles. The van der Waals surface area contributed by atoms with E-state index in [2.05, 4.69) is 10.2 Å². The summed E-state index contributed by atoms with van der Waals surface area (Å²) in [6, 6.07) is 6.22. The lowest BCUT2D eigenvalue weighted by Gasteiger charge is -2.32. The zero-order chi connectivity index (χ0) is 13.0. The standard InChI is InChI=1S/C14H22N2O2/c1-15-12-4-3-7-16(10-12)9-11-5-6-14(18-2)13(17)8-11/h5-6,8,12,15,17H,3-4,7,9-10H2,1-2H3. The Morgan fingerprint density at radius 2 is 2.33 bits per heavy atom. The largest absolute Gasteiger partial charge is 0.504 e. The van der Waals surface area contributed by atoms with Crippen molar-refractivity contribution < 1.29 is 9.84 Å². The van der Waals surface area contributed by atoms with Crippen molar-refractivity contribution in [1.82, 2.24) is 10.2 Å². The Balaban J connectivity index is 1.98. The molecule has 18 heavy (non-hydrogen) atoms. The second-order valence-corrected chi connectivity index (χ2v) is 4.87. The van der Waals surface area contributed by atoms with Gasteiger partial charge in [0.1, 0.15) is 0 Å². The van der Waals surface area contributed by atoms with Gasteiger partial charge in [0, 0.05) is 19.1 Å². The van der Waals surface area contributed by atoms with E-state index in [1.807, 2.05) is 19.2 Å². The van der Waals surface area contributed by atoms with Crippen molar-refractivity contribution in [3.05, 3.63) is 23.8 Å². The van der Waals surface area contributed by atoms with Crippen LogP contribution >= 0.6 is 0 Å². The number of phenols is 1. The van der Waals surface area contributed by atoms with Crippen LogP contribution in [0.4, 0.5) is 0 Å². The zero-order valence-corrected chi connectivity index (χ0v) is 11.1.